The van der Waals surface area contributed by atoms with Crippen molar-refractivity contribution in [3.63, 3.8) is 0 Å². The zero-order chi connectivity index (χ0) is 13.8. The van der Waals surface area contributed by atoms with Crippen LogP contribution in [0.15, 0.2) is 0 Å². The van der Waals surface area contributed by atoms with Gasteiger partial charge in [0.05, 0.1) is 11.7 Å². The Hall–Kier alpha value is -0.0800. The molecule has 19 heavy (non-hydrogen) atoms. The van der Waals surface area contributed by atoms with Crippen LogP contribution in [0.5, 0.6) is 0 Å². The maximum atomic E-state index is 9.97. The Morgan fingerprint density at radius 1 is 0.947 bits per heavy atom. The average molecular weight is 268 g/mol. The predicted octanol–water partition coefficient (Wildman–Crippen LogP) is 4.45. The van der Waals surface area contributed by atoms with Gasteiger partial charge in [0.25, 0.3) is 0 Å². The maximum absolute atomic E-state index is 9.97. The van der Waals surface area contributed by atoms with Crippen LogP contribution in [0.2, 0.25) is 0 Å². The summed E-state index contributed by atoms with van der Waals surface area (Å²) in [6, 6.07) is 0. The van der Waals surface area contributed by atoms with E-state index in [1.165, 1.54) is 57.8 Å². The van der Waals surface area contributed by atoms with E-state index in [0.717, 1.165) is 19.3 Å². The van der Waals surface area contributed by atoms with Gasteiger partial charge in [0.1, 0.15) is 0 Å². The molecule has 2 aliphatic carbocycles. The van der Waals surface area contributed by atoms with Gasteiger partial charge in [0.2, 0.25) is 0 Å². The molecular formula is C17H32O2. The van der Waals surface area contributed by atoms with Crippen molar-refractivity contribution in [2.75, 3.05) is 7.11 Å². The molecule has 1 N–H and O–H groups in total. The van der Waals surface area contributed by atoms with Crippen LogP contribution in [-0.4, -0.2) is 23.9 Å². The van der Waals surface area contributed by atoms with Gasteiger partial charge >= 0.3 is 0 Å². The Morgan fingerprint density at radius 3 is 2.00 bits per heavy atom. The fourth-order valence-corrected chi connectivity index (χ4v) is 3.06. The number of methoxy groups -OCH3 is 1. The van der Waals surface area contributed by atoms with E-state index in [1.54, 1.807) is 0 Å². The van der Waals surface area contributed by atoms with Crippen LogP contribution in [0.25, 0.3) is 0 Å². The van der Waals surface area contributed by atoms with Crippen molar-refractivity contribution in [2.24, 2.45) is 5.41 Å². The standard InChI is InChI=1S/C17H32O2/c1-16(11-12-16)9-5-3-7-15(18)8-4-6-10-17(19-2)13-14-17/h15,18H,3-14H2,1-2H3. The first-order chi connectivity index (χ1) is 9.08. The summed E-state index contributed by atoms with van der Waals surface area (Å²) in [4.78, 5) is 0. The lowest BCUT2D eigenvalue weighted by atomic mass is 9.98. The third-order valence-corrected chi connectivity index (χ3v) is 5.33. The predicted molar refractivity (Wildman–Crippen MR) is 79.3 cm³/mol. The molecule has 2 saturated carbocycles. The third kappa shape index (κ3) is 5.43. The molecule has 2 aliphatic rings. The number of aliphatic hydroxyl groups is 1. The van der Waals surface area contributed by atoms with E-state index in [0.29, 0.717) is 5.41 Å². The highest BCUT2D eigenvalue weighted by Gasteiger charge is 2.41. The molecule has 2 rings (SSSR count). The van der Waals surface area contributed by atoms with Crippen molar-refractivity contribution in [3.8, 4) is 0 Å². The Bertz CT molecular complexity index is 266. The van der Waals surface area contributed by atoms with E-state index in [2.05, 4.69) is 6.92 Å². The van der Waals surface area contributed by atoms with Crippen LogP contribution in [-0.2, 0) is 4.74 Å². The van der Waals surface area contributed by atoms with Crippen LogP contribution >= 0.6 is 0 Å². The van der Waals surface area contributed by atoms with E-state index in [4.69, 9.17) is 4.74 Å². The van der Waals surface area contributed by atoms with Crippen LogP contribution in [0.1, 0.15) is 84.0 Å². The van der Waals surface area contributed by atoms with Crippen molar-refractivity contribution in [3.05, 3.63) is 0 Å². The molecule has 0 aromatic carbocycles. The first-order valence-corrected chi connectivity index (χ1v) is 8.31. The van der Waals surface area contributed by atoms with Gasteiger partial charge in [-0.3, -0.25) is 0 Å². The van der Waals surface area contributed by atoms with Crippen LogP contribution in [0.3, 0.4) is 0 Å². The highest BCUT2D eigenvalue weighted by molar-refractivity contribution is 4.94. The van der Waals surface area contributed by atoms with E-state index in [1.807, 2.05) is 7.11 Å². The van der Waals surface area contributed by atoms with Gasteiger partial charge in [-0.25, -0.2) is 0 Å². The first-order valence-electron chi connectivity index (χ1n) is 8.31. The summed E-state index contributed by atoms with van der Waals surface area (Å²) in [5.74, 6) is 0. The van der Waals surface area contributed by atoms with Crippen LogP contribution in [0, 0.1) is 5.41 Å². The highest BCUT2D eigenvalue weighted by atomic mass is 16.5. The van der Waals surface area contributed by atoms with Gasteiger partial charge in [-0.1, -0.05) is 32.6 Å². The molecule has 2 fully saturated rings. The van der Waals surface area contributed by atoms with Gasteiger partial charge in [-0.2, -0.15) is 0 Å². The summed E-state index contributed by atoms with van der Waals surface area (Å²) in [7, 11) is 1.84. The minimum Gasteiger partial charge on any atom is -0.393 e. The molecule has 0 saturated heterocycles. The summed E-state index contributed by atoms with van der Waals surface area (Å²) < 4.78 is 5.51. The second-order valence-corrected chi connectivity index (χ2v) is 7.34. The molecule has 0 heterocycles. The number of hydrogen-bond acceptors (Lipinski definition) is 2. The lowest BCUT2D eigenvalue weighted by molar-refractivity contribution is 0.0685. The lowest BCUT2D eigenvalue weighted by Crippen LogP contribution is -2.12. The normalized spacial score (nSPS) is 24.2. The molecule has 1 unspecified atom stereocenters. The smallest absolute Gasteiger partial charge is 0.0681 e. The number of ether oxygens (including phenoxy) is 1. The summed E-state index contributed by atoms with van der Waals surface area (Å²) in [6.45, 7) is 2.40. The molecule has 0 aromatic rings. The summed E-state index contributed by atoms with van der Waals surface area (Å²) in [5.41, 5.74) is 0.925. The molecule has 0 bridgehead atoms. The summed E-state index contributed by atoms with van der Waals surface area (Å²) >= 11 is 0. The minimum absolute atomic E-state index is 0.0651. The van der Waals surface area contributed by atoms with E-state index in [-0.39, 0.29) is 11.7 Å². The number of rotatable bonds is 11. The van der Waals surface area contributed by atoms with Crippen molar-refractivity contribution >= 4 is 0 Å². The SMILES string of the molecule is COC1(CCCCC(O)CCCCC2(C)CC2)CC1. The topological polar surface area (TPSA) is 29.5 Å². The van der Waals surface area contributed by atoms with Crippen molar-refractivity contribution < 1.29 is 9.84 Å². The summed E-state index contributed by atoms with van der Waals surface area (Å²) in [6.07, 6.45) is 14.7. The minimum atomic E-state index is -0.0651. The number of aliphatic hydroxyl groups excluding tert-OH is 1. The summed E-state index contributed by atoms with van der Waals surface area (Å²) in [5, 5.41) is 9.97. The zero-order valence-electron chi connectivity index (χ0n) is 12.9. The molecule has 0 aromatic heterocycles. The van der Waals surface area contributed by atoms with Gasteiger partial charge in [0, 0.05) is 7.11 Å². The van der Waals surface area contributed by atoms with Gasteiger partial charge in [-0.15, -0.1) is 0 Å². The monoisotopic (exact) mass is 268 g/mol. The number of unbranched alkanes of at least 4 members (excludes halogenated alkanes) is 2. The largest absolute Gasteiger partial charge is 0.393 e. The molecule has 0 spiro atoms. The van der Waals surface area contributed by atoms with Gasteiger partial charge in [-0.05, 0) is 56.8 Å². The molecule has 2 nitrogen and oxygen atoms in total. The Kier molecular flexibility index (Phi) is 5.30. The van der Waals surface area contributed by atoms with Crippen LogP contribution < -0.4 is 0 Å². The van der Waals surface area contributed by atoms with Crippen molar-refractivity contribution in [1.29, 1.82) is 0 Å². The zero-order valence-corrected chi connectivity index (χ0v) is 12.9. The molecule has 0 aliphatic heterocycles. The fraction of sp³-hybridized carbons (Fsp3) is 1.00. The van der Waals surface area contributed by atoms with E-state index in [9.17, 15) is 5.11 Å². The molecule has 0 radical (unpaired) electrons. The Morgan fingerprint density at radius 2 is 1.53 bits per heavy atom. The Labute approximate surface area is 118 Å². The molecule has 1 atom stereocenters. The molecule has 2 heteroatoms. The third-order valence-electron chi connectivity index (χ3n) is 5.33. The quantitative estimate of drug-likeness (QED) is 0.561. The second-order valence-electron chi connectivity index (χ2n) is 7.34. The molecule has 112 valence electrons. The Balaban J connectivity index is 1.40. The first kappa shape index (κ1) is 15.3. The lowest BCUT2D eigenvalue weighted by Gasteiger charge is -2.14. The van der Waals surface area contributed by atoms with Gasteiger partial charge < -0.3 is 9.84 Å². The van der Waals surface area contributed by atoms with Crippen molar-refractivity contribution in [2.45, 2.75) is 95.7 Å². The van der Waals surface area contributed by atoms with E-state index >= 15 is 0 Å². The van der Waals surface area contributed by atoms with E-state index < -0.39 is 0 Å². The van der Waals surface area contributed by atoms with Crippen LogP contribution in [0.4, 0.5) is 0 Å². The highest BCUT2D eigenvalue weighted by Crippen LogP contribution is 2.49. The molecular weight excluding hydrogens is 236 g/mol. The fourth-order valence-electron chi connectivity index (χ4n) is 3.06. The molecule has 0 amide bonds. The second kappa shape index (κ2) is 6.58. The average Bonchev–Trinajstić information content (AvgIpc) is 3.30. The number of hydrogen-bond donors (Lipinski definition) is 1. The van der Waals surface area contributed by atoms with Crippen molar-refractivity contribution in [1.82, 2.24) is 0 Å². The van der Waals surface area contributed by atoms with Gasteiger partial charge in [0.15, 0.2) is 0 Å². The maximum Gasteiger partial charge on any atom is 0.0681 e.